The highest BCUT2D eigenvalue weighted by atomic mass is 16.4. The second kappa shape index (κ2) is 3.37. The van der Waals surface area contributed by atoms with Crippen molar-refractivity contribution in [3.05, 3.63) is 23.3 Å². The van der Waals surface area contributed by atoms with Crippen LogP contribution in [0.5, 0.6) is 5.75 Å². The molecule has 1 rings (SSSR count). The number of phenols is 1. The molecule has 0 aliphatic rings. The minimum absolute atomic E-state index is 0.0488. The fourth-order valence-corrected chi connectivity index (χ4v) is 1.20. The minimum atomic E-state index is -1.37. The van der Waals surface area contributed by atoms with Gasteiger partial charge in [-0.15, -0.1) is 0 Å². The summed E-state index contributed by atoms with van der Waals surface area (Å²) >= 11 is 0. The van der Waals surface area contributed by atoms with Gasteiger partial charge in [0.1, 0.15) is 11.3 Å². The quantitative estimate of drug-likeness (QED) is 0.369. The summed E-state index contributed by atoms with van der Waals surface area (Å²) in [7, 11) is 0. The Hall–Kier alpha value is -2.04. The molecular formula is C9H9NO4. The number of nitrogen functional groups attached to an aromatic ring is 1. The summed E-state index contributed by atoms with van der Waals surface area (Å²) in [5.41, 5.74) is 4.88. The summed E-state index contributed by atoms with van der Waals surface area (Å²) in [4.78, 5) is 21.8. The number of rotatable bonds is 2. The maximum atomic E-state index is 11.1. The first-order valence-corrected chi connectivity index (χ1v) is 3.80. The third kappa shape index (κ3) is 1.52. The zero-order valence-corrected chi connectivity index (χ0v) is 7.44. The summed E-state index contributed by atoms with van der Waals surface area (Å²) in [6.07, 6.45) is 0. The summed E-state index contributed by atoms with van der Waals surface area (Å²) < 4.78 is 0. The van der Waals surface area contributed by atoms with Gasteiger partial charge in [-0.25, -0.2) is 4.79 Å². The van der Waals surface area contributed by atoms with Crippen LogP contribution >= 0.6 is 0 Å². The first-order valence-electron chi connectivity index (χ1n) is 3.80. The lowest BCUT2D eigenvalue weighted by Crippen LogP contribution is -2.09. The van der Waals surface area contributed by atoms with Gasteiger partial charge in [0.25, 0.3) is 0 Å². The predicted molar refractivity (Wildman–Crippen MR) is 49.5 cm³/mol. The highest BCUT2D eigenvalue weighted by Crippen LogP contribution is 2.26. The third-order valence-corrected chi connectivity index (χ3v) is 1.78. The van der Waals surface area contributed by atoms with Crippen LogP contribution in [0.15, 0.2) is 12.1 Å². The van der Waals surface area contributed by atoms with E-state index in [9.17, 15) is 14.7 Å². The Labute approximate surface area is 79.8 Å². The van der Waals surface area contributed by atoms with Crippen molar-refractivity contribution >= 4 is 17.4 Å². The molecule has 0 saturated carbocycles. The first-order chi connectivity index (χ1) is 6.45. The van der Waals surface area contributed by atoms with E-state index in [1.165, 1.54) is 13.0 Å². The lowest BCUT2D eigenvalue weighted by atomic mass is 10.0. The van der Waals surface area contributed by atoms with Crippen molar-refractivity contribution in [3.63, 3.8) is 0 Å². The molecule has 0 fully saturated rings. The van der Waals surface area contributed by atoms with Gasteiger partial charge in [0, 0.05) is 5.69 Å². The van der Waals surface area contributed by atoms with Crippen molar-refractivity contribution in [1.29, 1.82) is 0 Å². The number of carboxylic acid groups (broad SMARTS) is 1. The van der Waals surface area contributed by atoms with E-state index in [0.717, 1.165) is 6.07 Å². The van der Waals surface area contributed by atoms with Crippen LogP contribution in [0.25, 0.3) is 0 Å². The SMILES string of the molecule is CC(=O)c1c(N)ccc(O)c1C(=O)O. The zero-order chi connectivity index (χ0) is 10.9. The molecule has 5 heteroatoms. The molecule has 14 heavy (non-hydrogen) atoms. The van der Waals surface area contributed by atoms with Gasteiger partial charge in [-0.05, 0) is 19.1 Å². The summed E-state index contributed by atoms with van der Waals surface area (Å²) in [5, 5.41) is 18.0. The molecule has 0 unspecified atom stereocenters. The standard InChI is InChI=1S/C9H9NO4/c1-4(11)7-5(10)2-3-6(12)8(7)9(13)14/h2-3,12H,10H2,1H3,(H,13,14). The monoisotopic (exact) mass is 195 g/mol. The number of nitrogens with two attached hydrogens (primary N) is 1. The lowest BCUT2D eigenvalue weighted by Gasteiger charge is -2.07. The van der Waals surface area contributed by atoms with Gasteiger partial charge in [-0.1, -0.05) is 0 Å². The second-order valence-electron chi connectivity index (χ2n) is 2.79. The molecule has 4 N–H and O–H groups in total. The Morgan fingerprint density at radius 3 is 2.21 bits per heavy atom. The van der Waals surface area contributed by atoms with E-state index in [-0.39, 0.29) is 11.3 Å². The average Bonchev–Trinajstić information content (AvgIpc) is 2.07. The molecule has 74 valence electrons. The summed E-state index contributed by atoms with van der Waals surface area (Å²) in [6.45, 7) is 1.19. The van der Waals surface area contributed by atoms with Crippen molar-refractivity contribution in [2.24, 2.45) is 0 Å². The maximum Gasteiger partial charge on any atom is 0.340 e. The molecule has 0 heterocycles. The van der Waals surface area contributed by atoms with E-state index < -0.39 is 23.1 Å². The van der Waals surface area contributed by atoms with E-state index in [2.05, 4.69) is 0 Å². The molecule has 0 spiro atoms. The Morgan fingerprint density at radius 1 is 1.29 bits per heavy atom. The van der Waals surface area contributed by atoms with E-state index in [0.29, 0.717) is 0 Å². The van der Waals surface area contributed by atoms with Crippen molar-refractivity contribution in [3.8, 4) is 5.75 Å². The number of carbonyl (C=O) groups is 2. The molecule has 0 aliphatic carbocycles. The van der Waals surface area contributed by atoms with Crippen LogP contribution in [-0.2, 0) is 0 Å². The third-order valence-electron chi connectivity index (χ3n) is 1.78. The van der Waals surface area contributed by atoms with Gasteiger partial charge < -0.3 is 15.9 Å². The molecule has 0 radical (unpaired) electrons. The van der Waals surface area contributed by atoms with E-state index in [1.54, 1.807) is 0 Å². The van der Waals surface area contributed by atoms with Crippen molar-refractivity contribution in [2.75, 3.05) is 5.73 Å². The zero-order valence-electron chi connectivity index (χ0n) is 7.44. The van der Waals surface area contributed by atoms with Gasteiger partial charge in [0.05, 0.1) is 5.56 Å². The number of benzene rings is 1. The molecule has 1 aromatic carbocycles. The Balaban J connectivity index is 3.58. The van der Waals surface area contributed by atoms with Gasteiger partial charge in [0.2, 0.25) is 0 Å². The van der Waals surface area contributed by atoms with Crippen LogP contribution in [0.3, 0.4) is 0 Å². The predicted octanol–water partition coefficient (Wildman–Crippen LogP) is 0.875. The molecule has 0 amide bonds. The number of carboxylic acids is 1. The topological polar surface area (TPSA) is 101 Å². The molecule has 0 aliphatic heterocycles. The number of hydrogen-bond acceptors (Lipinski definition) is 4. The summed E-state index contributed by atoms with van der Waals surface area (Å²) in [5.74, 6) is -2.33. The molecule has 0 saturated heterocycles. The highest BCUT2D eigenvalue weighted by Gasteiger charge is 2.20. The Morgan fingerprint density at radius 2 is 1.86 bits per heavy atom. The Kier molecular flexibility index (Phi) is 2.42. The molecule has 5 nitrogen and oxygen atoms in total. The maximum absolute atomic E-state index is 11.1. The van der Waals surface area contributed by atoms with Crippen molar-refractivity contribution < 1.29 is 19.8 Å². The largest absolute Gasteiger partial charge is 0.507 e. The van der Waals surface area contributed by atoms with E-state index in [1.807, 2.05) is 0 Å². The van der Waals surface area contributed by atoms with Gasteiger partial charge in [-0.2, -0.15) is 0 Å². The number of aromatic carboxylic acids is 1. The molecular weight excluding hydrogens is 186 g/mol. The fraction of sp³-hybridized carbons (Fsp3) is 0.111. The Bertz CT molecular complexity index is 373. The van der Waals surface area contributed by atoms with Crippen LogP contribution in [-0.4, -0.2) is 22.0 Å². The molecule has 0 bridgehead atoms. The van der Waals surface area contributed by atoms with E-state index >= 15 is 0 Å². The van der Waals surface area contributed by atoms with Gasteiger partial charge >= 0.3 is 5.97 Å². The first kappa shape index (κ1) is 10.0. The number of aromatic hydroxyl groups is 1. The average molecular weight is 195 g/mol. The van der Waals surface area contributed by atoms with Crippen molar-refractivity contribution in [2.45, 2.75) is 6.92 Å². The fourth-order valence-electron chi connectivity index (χ4n) is 1.20. The number of carbonyl (C=O) groups excluding carboxylic acids is 1. The van der Waals surface area contributed by atoms with Crippen LogP contribution in [0, 0.1) is 0 Å². The highest BCUT2D eigenvalue weighted by molar-refractivity contribution is 6.09. The number of ketones is 1. The normalized spacial score (nSPS) is 9.79. The summed E-state index contributed by atoms with van der Waals surface area (Å²) in [6, 6.07) is 2.43. The van der Waals surface area contributed by atoms with Crippen LogP contribution in [0.2, 0.25) is 0 Å². The van der Waals surface area contributed by atoms with Crippen LogP contribution in [0.4, 0.5) is 5.69 Å². The number of hydrogen-bond donors (Lipinski definition) is 3. The molecule has 1 aromatic rings. The number of Topliss-reactive ketones (excluding diaryl/α,β-unsaturated/α-hetero) is 1. The van der Waals surface area contributed by atoms with Gasteiger partial charge in [0.15, 0.2) is 5.78 Å². The molecule has 0 atom stereocenters. The molecule has 0 aromatic heterocycles. The van der Waals surface area contributed by atoms with Crippen LogP contribution < -0.4 is 5.73 Å². The van der Waals surface area contributed by atoms with Gasteiger partial charge in [-0.3, -0.25) is 4.79 Å². The van der Waals surface area contributed by atoms with Crippen LogP contribution in [0.1, 0.15) is 27.6 Å². The number of anilines is 1. The van der Waals surface area contributed by atoms with Crippen molar-refractivity contribution in [1.82, 2.24) is 0 Å². The minimum Gasteiger partial charge on any atom is -0.507 e. The van der Waals surface area contributed by atoms with E-state index in [4.69, 9.17) is 10.8 Å². The second-order valence-corrected chi connectivity index (χ2v) is 2.79. The smallest absolute Gasteiger partial charge is 0.340 e. The lowest BCUT2D eigenvalue weighted by molar-refractivity contribution is 0.0689.